The second kappa shape index (κ2) is 8.20. The van der Waals surface area contributed by atoms with Crippen molar-refractivity contribution in [3.8, 4) is 23.0 Å². The van der Waals surface area contributed by atoms with Gasteiger partial charge in [0.05, 0.1) is 27.0 Å². The first-order valence-electron chi connectivity index (χ1n) is 7.20. The van der Waals surface area contributed by atoms with Gasteiger partial charge in [0.25, 0.3) is 5.91 Å². The third-order valence-electron chi connectivity index (χ3n) is 3.33. The zero-order valence-electron chi connectivity index (χ0n) is 14.0. The smallest absolute Gasteiger partial charge is 0.264 e. The molecule has 0 heterocycles. The predicted octanol–water partition coefficient (Wildman–Crippen LogP) is 2.54. The van der Waals surface area contributed by atoms with Crippen molar-refractivity contribution in [3.63, 3.8) is 0 Å². The zero-order valence-corrected chi connectivity index (χ0v) is 14.8. The Bertz CT molecular complexity index is 772. The molecular weight excluding hydrogens is 344 g/mol. The summed E-state index contributed by atoms with van der Waals surface area (Å²) < 4.78 is 15.5. The molecule has 7 nitrogen and oxygen atoms in total. The van der Waals surface area contributed by atoms with Gasteiger partial charge >= 0.3 is 0 Å². The maximum absolute atomic E-state index is 12.5. The van der Waals surface area contributed by atoms with Crippen LogP contribution >= 0.6 is 12.2 Å². The first-order valence-corrected chi connectivity index (χ1v) is 7.61. The van der Waals surface area contributed by atoms with Crippen LogP contribution in [0.1, 0.15) is 10.4 Å². The van der Waals surface area contributed by atoms with Gasteiger partial charge in [0.1, 0.15) is 28.6 Å². The van der Waals surface area contributed by atoms with E-state index in [0.29, 0.717) is 22.9 Å². The summed E-state index contributed by atoms with van der Waals surface area (Å²) in [5, 5.41) is 15.1. The highest BCUT2D eigenvalue weighted by Crippen LogP contribution is 2.29. The Labute approximate surface area is 150 Å². The highest BCUT2D eigenvalue weighted by Gasteiger charge is 2.19. The molecule has 3 N–H and O–H groups in total. The predicted molar refractivity (Wildman–Crippen MR) is 97.9 cm³/mol. The van der Waals surface area contributed by atoms with Crippen molar-refractivity contribution in [2.75, 3.05) is 26.6 Å². The number of thiocarbonyl (C=S) groups is 1. The van der Waals surface area contributed by atoms with Gasteiger partial charge in [-0.1, -0.05) is 6.07 Å². The van der Waals surface area contributed by atoms with E-state index >= 15 is 0 Å². The highest BCUT2D eigenvalue weighted by atomic mass is 32.1. The molecule has 0 saturated carbocycles. The largest absolute Gasteiger partial charge is 0.506 e. The van der Waals surface area contributed by atoms with Crippen molar-refractivity contribution in [1.29, 1.82) is 0 Å². The summed E-state index contributed by atoms with van der Waals surface area (Å²) in [6.07, 6.45) is 0. The maximum Gasteiger partial charge on any atom is 0.264 e. The van der Waals surface area contributed by atoms with Crippen LogP contribution in [-0.2, 0) is 0 Å². The quantitative estimate of drug-likeness (QED) is 0.556. The van der Waals surface area contributed by atoms with E-state index in [1.807, 2.05) is 0 Å². The Balaban J connectivity index is 2.18. The first kappa shape index (κ1) is 18.3. The average molecular weight is 362 g/mol. The fraction of sp³-hybridized carbons (Fsp3) is 0.176. The van der Waals surface area contributed by atoms with Crippen molar-refractivity contribution >= 4 is 28.9 Å². The van der Waals surface area contributed by atoms with E-state index in [1.54, 1.807) is 30.3 Å². The average Bonchev–Trinajstić information content (AvgIpc) is 2.62. The number of amides is 1. The van der Waals surface area contributed by atoms with Gasteiger partial charge < -0.3 is 24.6 Å². The molecular formula is C17H18N2O5S. The van der Waals surface area contributed by atoms with Gasteiger partial charge in [-0.15, -0.1) is 0 Å². The molecule has 0 aliphatic heterocycles. The number of methoxy groups -OCH3 is 3. The van der Waals surface area contributed by atoms with Crippen molar-refractivity contribution in [3.05, 3.63) is 42.0 Å². The monoisotopic (exact) mass is 362 g/mol. The van der Waals surface area contributed by atoms with E-state index < -0.39 is 5.91 Å². The molecule has 0 bridgehead atoms. The molecule has 0 fully saturated rings. The minimum absolute atomic E-state index is 0.00140. The van der Waals surface area contributed by atoms with Crippen LogP contribution < -0.4 is 24.8 Å². The summed E-state index contributed by atoms with van der Waals surface area (Å²) in [6.45, 7) is 0. The molecule has 0 radical (unpaired) electrons. The number of ether oxygens (including phenoxy) is 3. The second-order valence-electron chi connectivity index (χ2n) is 4.83. The van der Waals surface area contributed by atoms with Crippen LogP contribution in [0.25, 0.3) is 0 Å². The van der Waals surface area contributed by atoms with E-state index in [0.717, 1.165) is 0 Å². The van der Waals surface area contributed by atoms with Crippen LogP contribution in [0.4, 0.5) is 5.69 Å². The van der Waals surface area contributed by atoms with Crippen molar-refractivity contribution in [1.82, 2.24) is 5.32 Å². The van der Waals surface area contributed by atoms with Crippen LogP contribution in [0, 0.1) is 0 Å². The van der Waals surface area contributed by atoms with Crippen molar-refractivity contribution < 1.29 is 24.1 Å². The molecule has 0 aromatic heterocycles. The van der Waals surface area contributed by atoms with E-state index in [9.17, 15) is 9.90 Å². The second-order valence-corrected chi connectivity index (χ2v) is 5.24. The third kappa shape index (κ3) is 4.30. The normalized spacial score (nSPS) is 9.88. The molecule has 25 heavy (non-hydrogen) atoms. The third-order valence-corrected chi connectivity index (χ3v) is 3.54. The highest BCUT2D eigenvalue weighted by molar-refractivity contribution is 7.80. The molecule has 0 spiro atoms. The van der Waals surface area contributed by atoms with Gasteiger partial charge in [0.15, 0.2) is 5.11 Å². The van der Waals surface area contributed by atoms with Gasteiger partial charge in [-0.3, -0.25) is 10.1 Å². The van der Waals surface area contributed by atoms with Gasteiger partial charge in [-0.05, 0) is 36.5 Å². The summed E-state index contributed by atoms with van der Waals surface area (Å²) >= 11 is 5.13. The summed E-state index contributed by atoms with van der Waals surface area (Å²) in [5.41, 5.74) is 0.517. The molecule has 0 aliphatic carbocycles. The zero-order chi connectivity index (χ0) is 18.4. The van der Waals surface area contributed by atoms with E-state index in [-0.39, 0.29) is 16.4 Å². The summed E-state index contributed by atoms with van der Waals surface area (Å²) in [6, 6.07) is 9.59. The number of phenols is 1. The van der Waals surface area contributed by atoms with Gasteiger partial charge in [-0.25, -0.2) is 0 Å². The Morgan fingerprint density at radius 2 is 1.68 bits per heavy atom. The number of hydrogen-bond acceptors (Lipinski definition) is 6. The van der Waals surface area contributed by atoms with Crippen molar-refractivity contribution in [2.24, 2.45) is 0 Å². The minimum atomic E-state index is -0.505. The van der Waals surface area contributed by atoms with Gasteiger partial charge in [0.2, 0.25) is 0 Å². The number of hydrogen-bond donors (Lipinski definition) is 3. The number of anilines is 1. The SMILES string of the molecule is COc1ccc(O)c(NC(=S)NC(=O)c2c(OC)cccc2OC)c1. The number of phenolic OH excluding ortho intramolecular Hbond substituents is 1. The maximum atomic E-state index is 12.5. The lowest BCUT2D eigenvalue weighted by Crippen LogP contribution is -2.34. The summed E-state index contributed by atoms with van der Waals surface area (Å²) in [4.78, 5) is 12.5. The van der Waals surface area contributed by atoms with Crippen LogP contribution in [0.3, 0.4) is 0 Å². The molecule has 2 aromatic carbocycles. The lowest BCUT2D eigenvalue weighted by Gasteiger charge is -2.15. The number of rotatable bonds is 5. The van der Waals surface area contributed by atoms with E-state index in [1.165, 1.54) is 27.4 Å². The molecule has 2 rings (SSSR count). The number of carbonyl (C=O) groups is 1. The van der Waals surface area contributed by atoms with Gasteiger partial charge in [0, 0.05) is 6.07 Å². The lowest BCUT2D eigenvalue weighted by atomic mass is 10.1. The molecule has 1 amide bonds. The van der Waals surface area contributed by atoms with Crippen LogP contribution in [-0.4, -0.2) is 37.5 Å². The Kier molecular flexibility index (Phi) is 6.02. The first-order chi connectivity index (χ1) is 12.0. The van der Waals surface area contributed by atoms with Gasteiger partial charge in [-0.2, -0.15) is 0 Å². The number of nitrogens with one attached hydrogen (secondary N) is 2. The minimum Gasteiger partial charge on any atom is -0.506 e. The van der Waals surface area contributed by atoms with Crippen LogP contribution in [0.2, 0.25) is 0 Å². The Morgan fingerprint density at radius 3 is 2.24 bits per heavy atom. The van der Waals surface area contributed by atoms with E-state index in [4.69, 9.17) is 26.4 Å². The summed E-state index contributed by atoms with van der Waals surface area (Å²) in [7, 11) is 4.41. The van der Waals surface area contributed by atoms with Crippen LogP contribution in [0.15, 0.2) is 36.4 Å². The number of carbonyl (C=O) groups excluding carboxylic acids is 1. The standard InChI is InChI=1S/C17H18N2O5S/c1-22-10-7-8-12(20)11(9-10)18-17(25)19-16(21)15-13(23-2)5-4-6-14(15)24-3/h4-9,20H,1-3H3,(H2,18,19,21,25). The Hall–Kier alpha value is -3.00. The topological polar surface area (TPSA) is 89.1 Å². The van der Waals surface area contributed by atoms with E-state index in [2.05, 4.69) is 10.6 Å². The fourth-order valence-electron chi connectivity index (χ4n) is 2.14. The number of benzene rings is 2. The molecule has 0 saturated heterocycles. The lowest BCUT2D eigenvalue weighted by molar-refractivity contribution is 0.0971. The fourth-order valence-corrected chi connectivity index (χ4v) is 2.34. The van der Waals surface area contributed by atoms with Crippen LogP contribution in [0.5, 0.6) is 23.0 Å². The summed E-state index contributed by atoms with van der Waals surface area (Å²) in [5.74, 6) is 0.690. The molecule has 0 aliphatic rings. The molecule has 2 aromatic rings. The Morgan fingerprint density at radius 1 is 1.04 bits per heavy atom. The molecule has 0 unspecified atom stereocenters. The van der Waals surface area contributed by atoms with Crippen molar-refractivity contribution in [2.45, 2.75) is 0 Å². The molecule has 132 valence electrons. The number of aromatic hydroxyl groups is 1. The molecule has 0 atom stereocenters. The molecule has 8 heteroatoms.